The molecule has 31 heavy (non-hydrogen) atoms. The van der Waals surface area contributed by atoms with Crippen molar-refractivity contribution in [2.45, 2.75) is 51.2 Å². The molecule has 4 heterocycles. The van der Waals surface area contributed by atoms with Crippen molar-refractivity contribution in [3.05, 3.63) is 30.0 Å². The Morgan fingerprint density at radius 3 is 2.68 bits per heavy atom. The van der Waals surface area contributed by atoms with Crippen LogP contribution in [0.15, 0.2) is 18.5 Å². The fraction of sp³-hybridized carbons (Fsp3) is 0.545. The maximum Gasteiger partial charge on any atom is 0.246 e. The lowest BCUT2D eigenvalue weighted by atomic mass is 9.61. The van der Waals surface area contributed by atoms with Gasteiger partial charge < -0.3 is 15.0 Å². The number of rotatable bonds is 5. The summed E-state index contributed by atoms with van der Waals surface area (Å²) in [6.07, 6.45) is 8.05. The van der Waals surface area contributed by atoms with E-state index in [0.29, 0.717) is 40.0 Å². The second-order valence-electron chi connectivity index (χ2n) is 9.90. The molecular weight excluding hydrogens is 397 g/mol. The lowest BCUT2D eigenvalue weighted by Gasteiger charge is -2.58. The summed E-state index contributed by atoms with van der Waals surface area (Å²) in [6.45, 7) is 6.04. The summed E-state index contributed by atoms with van der Waals surface area (Å²) in [4.78, 5) is 15.7. The zero-order chi connectivity index (χ0) is 21.4. The van der Waals surface area contributed by atoms with Crippen molar-refractivity contribution in [3.8, 4) is 5.88 Å². The van der Waals surface area contributed by atoms with E-state index in [1.54, 1.807) is 13.1 Å². The highest BCUT2D eigenvalue weighted by Gasteiger charge is 2.51. The van der Waals surface area contributed by atoms with Gasteiger partial charge in [-0.1, -0.05) is 0 Å². The lowest BCUT2D eigenvalue weighted by Crippen LogP contribution is -2.60. The Kier molecular flexibility index (Phi) is 3.88. The Hall–Kier alpha value is -2.81. The van der Waals surface area contributed by atoms with Crippen molar-refractivity contribution >= 4 is 22.7 Å². The molecule has 0 amide bonds. The van der Waals surface area contributed by atoms with Crippen molar-refractivity contribution in [2.24, 2.45) is 5.41 Å². The first-order valence-electron chi connectivity index (χ1n) is 10.8. The number of aryl methyl sites for hydroxylation is 1. The number of nitrogens with zero attached hydrogens (tertiary/aromatic N) is 6. The van der Waals surface area contributed by atoms with E-state index in [2.05, 4.69) is 37.3 Å². The summed E-state index contributed by atoms with van der Waals surface area (Å²) in [6, 6.07) is 1.83. The number of halogens is 1. The van der Waals surface area contributed by atoms with Gasteiger partial charge in [-0.25, -0.2) is 14.4 Å². The SMILES string of the molecule is Cc1nc2c(OC3(C)CC3)nc(Nc3cnn(C4CC5(C4)CN(C)C5)c3)nc2cc1F. The van der Waals surface area contributed by atoms with Gasteiger partial charge >= 0.3 is 0 Å². The third kappa shape index (κ3) is 3.31. The number of hydrogen-bond acceptors (Lipinski definition) is 7. The van der Waals surface area contributed by atoms with Crippen LogP contribution in [0.2, 0.25) is 0 Å². The minimum absolute atomic E-state index is 0.233. The molecule has 3 fully saturated rings. The summed E-state index contributed by atoms with van der Waals surface area (Å²) < 4.78 is 22.3. The number of nitrogens with one attached hydrogen (secondary N) is 1. The van der Waals surface area contributed by atoms with Crippen LogP contribution >= 0.6 is 0 Å². The minimum atomic E-state index is -0.394. The topological polar surface area (TPSA) is 81.0 Å². The van der Waals surface area contributed by atoms with Gasteiger partial charge in [-0.3, -0.25) is 4.68 Å². The standard InChI is InChI=1S/C22H26FN7O/c1-13-16(23)6-17-18(25-13)19(31-21(2)4-5-21)28-20(27-17)26-14-9-24-30(10-14)15-7-22(8-15)11-29(3)12-22/h6,9-10,15H,4-5,7-8,11-12H2,1-3H3,(H,26,27,28). The van der Waals surface area contributed by atoms with Gasteiger partial charge in [-0.05, 0) is 52.0 Å². The number of ether oxygens (including phenoxy) is 1. The molecule has 0 atom stereocenters. The monoisotopic (exact) mass is 423 g/mol. The number of pyridine rings is 1. The molecule has 6 rings (SSSR count). The van der Waals surface area contributed by atoms with Crippen LogP contribution in [-0.2, 0) is 0 Å². The van der Waals surface area contributed by atoms with E-state index in [-0.39, 0.29) is 5.60 Å². The minimum Gasteiger partial charge on any atom is -0.470 e. The van der Waals surface area contributed by atoms with Crippen LogP contribution in [0.5, 0.6) is 5.88 Å². The number of anilines is 2. The second kappa shape index (κ2) is 6.35. The van der Waals surface area contributed by atoms with Gasteiger partial charge in [0, 0.05) is 25.4 Å². The highest BCUT2D eigenvalue weighted by Crippen LogP contribution is 2.53. The molecule has 3 aromatic rings. The number of likely N-dealkylation sites (tertiary alicyclic amines) is 1. The van der Waals surface area contributed by atoms with Crippen LogP contribution < -0.4 is 10.1 Å². The Labute approximate surface area is 179 Å². The Bertz CT molecular complexity index is 1170. The molecule has 0 radical (unpaired) electrons. The van der Waals surface area contributed by atoms with Crippen LogP contribution in [0, 0.1) is 18.2 Å². The molecule has 3 aromatic heterocycles. The maximum absolute atomic E-state index is 14.1. The van der Waals surface area contributed by atoms with E-state index in [1.807, 2.05) is 17.8 Å². The Morgan fingerprint density at radius 2 is 1.97 bits per heavy atom. The highest BCUT2D eigenvalue weighted by molar-refractivity contribution is 5.81. The van der Waals surface area contributed by atoms with Crippen molar-refractivity contribution in [1.82, 2.24) is 29.6 Å². The largest absolute Gasteiger partial charge is 0.470 e. The zero-order valence-electron chi connectivity index (χ0n) is 18.0. The van der Waals surface area contributed by atoms with Gasteiger partial charge in [-0.15, -0.1) is 0 Å². The predicted molar refractivity (Wildman–Crippen MR) is 114 cm³/mol. The van der Waals surface area contributed by atoms with E-state index in [4.69, 9.17) is 4.74 Å². The van der Waals surface area contributed by atoms with Crippen LogP contribution in [0.4, 0.5) is 16.0 Å². The summed E-state index contributed by atoms with van der Waals surface area (Å²) in [7, 11) is 2.17. The van der Waals surface area contributed by atoms with Crippen molar-refractivity contribution in [1.29, 1.82) is 0 Å². The molecule has 1 saturated heterocycles. The molecule has 1 N–H and O–H groups in total. The van der Waals surface area contributed by atoms with Gasteiger partial charge in [-0.2, -0.15) is 10.1 Å². The van der Waals surface area contributed by atoms with Gasteiger partial charge in [0.25, 0.3) is 0 Å². The number of aromatic nitrogens is 5. The molecular formula is C22H26FN7O. The van der Waals surface area contributed by atoms with Crippen molar-refractivity contribution in [2.75, 3.05) is 25.5 Å². The molecule has 2 aliphatic carbocycles. The third-order valence-corrected chi connectivity index (χ3v) is 6.84. The first kappa shape index (κ1) is 18.9. The summed E-state index contributed by atoms with van der Waals surface area (Å²) in [5.41, 5.74) is 2.28. The second-order valence-corrected chi connectivity index (χ2v) is 9.90. The van der Waals surface area contributed by atoms with E-state index in [9.17, 15) is 4.39 Å². The molecule has 1 spiro atoms. The fourth-order valence-corrected chi connectivity index (χ4v) is 4.96. The van der Waals surface area contributed by atoms with Gasteiger partial charge in [0.1, 0.15) is 16.9 Å². The first-order chi connectivity index (χ1) is 14.8. The summed E-state index contributed by atoms with van der Waals surface area (Å²) >= 11 is 0. The fourth-order valence-electron chi connectivity index (χ4n) is 4.96. The van der Waals surface area contributed by atoms with Crippen LogP contribution in [-0.4, -0.2) is 55.4 Å². The molecule has 0 aromatic carbocycles. The van der Waals surface area contributed by atoms with Crippen molar-refractivity contribution < 1.29 is 9.13 Å². The highest BCUT2D eigenvalue weighted by atomic mass is 19.1. The normalized spacial score (nSPS) is 21.7. The smallest absolute Gasteiger partial charge is 0.246 e. The number of hydrogen-bond donors (Lipinski definition) is 1. The lowest BCUT2D eigenvalue weighted by molar-refractivity contribution is -0.0786. The molecule has 9 heteroatoms. The molecule has 2 saturated carbocycles. The molecule has 162 valence electrons. The molecule has 0 unspecified atom stereocenters. The van der Waals surface area contributed by atoms with Gasteiger partial charge in [0.05, 0.1) is 23.6 Å². The number of fused-ring (bicyclic) bond motifs is 1. The van der Waals surface area contributed by atoms with E-state index < -0.39 is 5.82 Å². The summed E-state index contributed by atoms with van der Waals surface area (Å²) in [5, 5.41) is 7.75. The van der Waals surface area contributed by atoms with Crippen molar-refractivity contribution in [3.63, 3.8) is 0 Å². The summed E-state index contributed by atoms with van der Waals surface area (Å²) in [5.74, 6) is 0.342. The zero-order valence-corrected chi connectivity index (χ0v) is 18.0. The molecule has 1 aliphatic heterocycles. The quantitative estimate of drug-likeness (QED) is 0.671. The predicted octanol–water partition coefficient (Wildman–Crippen LogP) is 3.61. The average molecular weight is 423 g/mol. The molecule has 8 nitrogen and oxygen atoms in total. The first-order valence-corrected chi connectivity index (χ1v) is 10.8. The van der Waals surface area contributed by atoms with Gasteiger partial charge in [0.2, 0.25) is 11.8 Å². The molecule has 0 bridgehead atoms. The van der Waals surface area contributed by atoms with Crippen LogP contribution in [0.1, 0.15) is 44.3 Å². The Morgan fingerprint density at radius 1 is 1.19 bits per heavy atom. The molecule has 3 aliphatic rings. The van der Waals surface area contributed by atoms with E-state index in [0.717, 1.165) is 18.5 Å². The van der Waals surface area contributed by atoms with Crippen LogP contribution in [0.25, 0.3) is 11.0 Å². The van der Waals surface area contributed by atoms with Gasteiger partial charge in [0.15, 0.2) is 5.52 Å². The third-order valence-electron chi connectivity index (χ3n) is 6.84. The van der Waals surface area contributed by atoms with E-state index in [1.165, 1.54) is 32.0 Å². The maximum atomic E-state index is 14.1. The van der Waals surface area contributed by atoms with E-state index >= 15 is 0 Å². The average Bonchev–Trinajstić information content (AvgIpc) is 3.20. The van der Waals surface area contributed by atoms with Crippen LogP contribution in [0.3, 0.4) is 0 Å². The Balaban J connectivity index is 1.25.